The van der Waals surface area contributed by atoms with Gasteiger partial charge in [0.2, 0.25) is 0 Å². The minimum atomic E-state index is -0.898. The van der Waals surface area contributed by atoms with Gasteiger partial charge in [-0.2, -0.15) is 0 Å². The predicted octanol–water partition coefficient (Wildman–Crippen LogP) is 4.97. The van der Waals surface area contributed by atoms with Gasteiger partial charge in [0.15, 0.2) is 5.82 Å². The maximum absolute atomic E-state index is 13.9. The summed E-state index contributed by atoms with van der Waals surface area (Å²) in [6.07, 6.45) is 1.54. The lowest BCUT2D eigenvalue weighted by Gasteiger charge is -2.19. The van der Waals surface area contributed by atoms with Gasteiger partial charge in [0.05, 0.1) is 11.9 Å². The third-order valence-corrected chi connectivity index (χ3v) is 4.66. The van der Waals surface area contributed by atoms with Crippen LogP contribution >= 0.6 is 23.2 Å². The van der Waals surface area contributed by atoms with E-state index < -0.39 is 23.3 Å². The van der Waals surface area contributed by atoms with Crippen LogP contribution in [0.2, 0.25) is 10.2 Å². The van der Waals surface area contributed by atoms with Crippen LogP contribution in [0.15, 0.2) is 35.4 Å². The van der Waals surface area contributed by atoms with Gasteiger partial charge in [-0.3, -0.25) is 14.3 Å². The summed E-state index contributed by atoms with van der Waals surface area (Å²) in [5.74, 6) is -1.58. The SMILES string of the molecule is Cc1cnc(Cl)cc1-n1c(C)cc(OC(C)c2ncc(F)cc2F)c(Cl)c1=O. The first-order valence-corrected chi connectivity index (χ1v) is 8.97. The fourth-order valence-corrected chi connectivity index (χ4v) is 3.10. The van der Waals surface area contributed by atoms with Crippen molar-refractivity contribution in [1.82, 2.24) is 14.5 Å². The number of nitrogens with zero attached hydrogens (tertiary/aromatic N) is 3. The lowest BCUT2D eigenvalue weighted by Crippen LogP contribution is -2.23. The van der Waals surface area contributed by atoms with Crippen molar-refractivity contribution < 1.29 is 13.5 Å². The molecule has 0 radical (unpaired) electrons. The van der Waals surface area contributed by atoms with Crippen molar-refractivity contribution in [2.24, 2.45) is 0 Å². The van der Waals surface area contributed by atoms with Gasteiger partial charge in [0.25, 0.3) is 5.56 Å². The minimum Gasteiger partial charge on any atom is -0.482 e. The van der Waals surface area contributed by atoms with Gasteiger partial charge in [0, 0.05) is 24.0 Å². The zero-order valence-corrected chi connectivity index (χ0v) is 16.6. The van der Waals surface area contributed by atoms with E-state index in [1.54, 1.807) is 32.2 Å². The second-order valence-electron chi connectivity index (χ2n) is 6.18. The fourth-order valence-electron chi connectivity index (χ4n) is 2.77. The fraction of sp³-hybridized carbons (Fsp3) is 0.211. The van der Waals surface area contributed by atoms with Crippen molar-refractivity contribution in [2.75, 3.05) is 0 Å². The molecule has 0 aromatic carbocycles. The first-order valence-electron chi connectivity index (χ1n) is 8.21. The van der Waals surface area contributed by atoms with Gasteiger partial charge >= 0.3 is 0 Å². The Morgan fingerprint density at radius 2 is 1.82 bits per heavy atom. The number of rotatable bonds is 4. The monoisotopic (exact) mass is 425 g/mol. The Morgan fingerprint density at radius 1 is 1.11 bits per heavy atom. The molecule has 1 atom stereocenters. The highest BCUT2D eigenvalue weighted by Crippen LogP contribution is 2.29. The number of hydrogen-bond donors (Lipinski definition) is 0. The molecule has 146 valence electrons. The van der Waals surface area contributed by atoms with Crippen LogP contribution in [-0.4, -0.2) is 14.5 Å². The molecule has 3 aromatic heterocycles. The molecule has 0 N–H and O–H groups in total. The Bertz CT molecular complexity index is 1120. The van der Waals surface area contributed by atoms with Crippen molar-refractivity contribution in [3.63, 3.8) is 0 Å². The zero-order valence-electron chi connectivity index (χ0n) is 15.1. The third kappa shape index (κ3) is 3.86. The van der Waals surface area contributed by atoms with E-state index in [9.17, 15) is 13.6 Å². The summed E-state index contributed by atoms with van der Waals surface area (Å²) in [6, 6.07) is 3.82. The van der Waals surface area contributed by atoms with E-state index in [4.69, 9.17) is 27.9 Å². The van der Waals surface area contributed by atoms with E-state index in [1.165, 1.54) is 11.5 Å². The molecule has 0 saturated heterocycles. The summed E-state index contributed by atoms with van der Waals surface area (Å²) in [6.45, 7) is 5.00. The average molecular weight is 426 g/mol. The van der Waals surface area contributed by atoms with Crippen LogP contribution in [0.3, 0.4) is 0 Å². The normalized spacial score (nSPS) is 12.1. The Hall–Kier alpha value is -2.51. The molecule has 0 aliphatic rings. The summed E-state index contributed by atoms with van der Waals surface area (Å²) in [7, 11) is 0. The van der Waals surface area contributed by atoms with Gasteiger partial charge in [-0.15, -0.1) is 0 Å². The molecule has 0 fully saturated rings. The summed E-state index contributed by atoms with van der Waals surface area (Å²) >= 11 is 12.2. The van der Waals surface area contributed by atoms with E-state index in [0.29, 0.717) is 17.4 Å². The van der Waals surface area contributed by atoms with Crippen LogP contribution < -0.4 is 10.3 Å². The number of aryl methyl sites for hydroxylation is 2. The number of pyridine rings is 3. The summed E-state index contributed by atoms with van der Waals surface area (Å²) in [5, 5.41) is 0.0436. The van der Waals surface area contributed by atoms with E-state index in [-0.39, 0.29) is 21.6 Å². The molecule has 1 unspecified atom stereocenters. The smallest absolute Gasteiger partial charge is 0.277 e. The molecule has 28 heavy (non-hydrogen) atoms. The first-order chi connectivity index (χ1) is 13.2. The highest BCUT2D eigenvalue weighted by Gasteiger charge is 2.20. The van der Waals surface area contributed by atoms with Gasteiger partial charge in [-0.1, -0.05) is 23.2 Å². The van der Waals surface area contributed by atoms with E-state index in [0.717, 1.165) is 11.8 Å². The largest absolute Gasteiger partial charge is 0.482 e. The topological polar surface area (TPSA) is 57.0 Å². The predicted molar refractivity (Wildman–Crippen MR) is 103 cm³/mol. The average Bonchev–Trinajstić information content (AvgIpc) is 2.62. The Balaban J connectivity index is 2.03. The molecule has 3 rings (SSSR count). The Labute approximate surface area is 169 Å². The molecule has 5 nitrogen and oxygen atoms in total. The molecule has 0 aliphatic heterocycles. The van der Waals surface area contributed by atoms with Crippen LogP contribution in [0.5, 0.6) is 5.75 Å². The summed E-state index contributed by atoms with van der Waals surface area (Å²) in [4.78, 5) is 20.5. The Kier molecular flexibility index (Phi) is 5.67. The summed E-state index contributed by atoms with van der Waals surface area (Å²) in [5.41, 5.74) is 1.16. The minimum absolute atomic E-state index is 0.0660. The molecule has 3 aromatic rings. The van der Waals surface area contributed by atoms with E-state index in [2.05, 4.69) is 9.97 Å². The summed E-state index contributed by atoms with van der Waals surface area (Å²) < 4.78 is 34.0. The zero-order chi connectivity index (χ0) is 20.6. The molecule has 0 spiro atoms. The van der Waals surface area contributed by atoms with Crippen LogP contribution in [0.4, 0.5) is 8.78 Å². The second kappa shape index (κ2) is 7.85. The van der Waals surface area contributed by atoms with Crippen LogP contribution in [0.25, 0.3) is 5.69 Å². The van der Waals surface area contributed by atoms with Crippen LogP contribution in [-0.2, 0) is 0 Å². The maximum Gasteiger partial charge on any atom is 0.277 e. The van der Waals surface area contributed by atoms with Gasteiger partial charge in [-0.05, 0) is 32.4 Å². The van der Waals surface area contributed by atoms with E-state index in [1.807, 2.05) is 0 Å². The number of hydrogen-bond acceptors (Lipinski definition) is 4. The lowest BCUT2D eigenvalue weighted by atomic mass is 10.2. The van der Waals surface area contributed by atoms with Crippen molar-refractivity contribution in [3.8, 4) is 11.4 Å². The van der Waals surface area contributed by atoms with Crippen LogP contribution in [0, 0.1) is 25.5 Å². The van der Waals surface area contributed by atoms with E-state index >= 15 is 0 Å². The number of ether oxygens (including phenoxy) is 1. The first kappa shape index (κ1) is 20.2. The number of aromatic nitrogens is 3. The highest BCUT2D eigenvalue weighted by atomic mass is 35.5. The molecular weight excluding hydrogens is 411 g/mol. The van der Waals surface area contributed by atoms with Crippen molar-refractivity contribution in [1.29, 1.82) is 0 Å². The maximum atomic E-state index is 13.9. The standard InChI is InChI=1S/C19H15Cl2F2N3O2/c1-9-7-24-16(20)6-14(9)26-10(2)4-15(17(21)19(26)27)28-11(3)18-13(23)5-12(22)8-25-18/h4-8,11H,1-3H3. The van der Waals surface area contributed by atoms with Gasteiger partial charge < -0.3 is 4.74 Å². The molecule has 3 heterocycles. The lowest BCUT2D eigenvalue weighted by molar-refractivity contribution is 0.215. The quantitative estimate of drug-likeness (QED) is 0.553. The van der Waals surface area contributed by atoms with Crippen molar-refractivity contribution in [3.05, 3.63) is 79.7 Å². The molecule has 0 aliphatic carbocycles. The van der Waals surface area contributed by atoms with Crippen LogP contribution in [0.1, 0.15) is 30.0 Å². The molecular formula is C19H15Cl2F2N3O2. The molecule has 9 heteroatoms. The Morgan fingerprint density at radius 3 is 2.50 bits per heavy atom. The van der Waals surface area contributed by atoms with Crippen molar-refractivity contribution >= 4 is 23.2 Å². The second-order valence-corrected chi connectivity index (χ2v) is 6.94. The van der Waals surface area contributed by atoms with Gasteiger partial charge in [-0.25, -0.2) is 13.8 Å². The van der Waals surface area contributed by atoms with Gasteiger partial charge in [0.1, 0.15) is 33.5 Å². The molecule has 0 saturated carbocycles. The van der Waals surface area contributed by atoms with Crippen molar-refractivity contribution in [2.45, 2.75) is 26.9 Å². The third-order valence-electron chi connectivity index (χ3n) is 4.11. The highest BCUT2D eigenvalue weighted by molar-refractivity contribution is 6.32. The molecule has 0 amide bonds. The number of halogens is 4. The molecule has 0 bridgehead atoms.